The minimum atomic E-state index is -0.198. The molecule has 4 fully saturated rings. The third kappa shape index (κ3) is 1.32. The molecule has 0 amide bonds. The van der Waals surface area contributed by atoms with Gasteiger partial charge >= 0.3 is 0 Å². The van der Waals surface area contributed by atoms with Gasteiger partial charge in [0, 0.05) is 0 Å². The first-order valence-corrected chi connectivity index (χ1v) is 6.82. The molecule has 4 rings (SSSR count). The van der Waals surface area contributed by atoms with E-state index in [9.17, 15) is 10.2 Å². The largest absolute Gasteiger partial charge is 0.393 e. The maximum absolute atomic E-state index is 10.1. The SMILES string of the molecule is C[C@H](O)C12CC3CC(C1)CC([C@H](C)O)(C3)C2. The molecule has 2 atom stereocenters. The Morgan fingerprint density at radius 2 is 1.25 bits per heavy atom. The van der Waals surface area contributed by atoms with Crippen molar-refractivity contribution < 1.29 is 10.2 Å². The van der Waals surface area contributed by atoms with Crippen LogP contribution in [0, 0.1) is 22.7 Å². The third-order valence-electron chi connectivity index (χ3n) is 5.92. The Hall–Kier alpha value is -0.0800. The molecular formula is C14H24O2. The van der Waals surface area contributed by atoms with Crippen molar-refractivity contribution in [2.45, 2.75) is 64.6 Å². The zero-order valence-corrected chi connectivity index (χ0v) is 10.4. The maximum Gasteiger partial charge on any atom is 0.0568 e. The van der Waals surface area contributed by atoms with E-state index in [-0.39, 0.29) is 23.0 Å². The van der Waals surface area contributed by atoms with E-state index in [4.69, 9.17) is 0 Å². The van der Waals surface area contributed by atoms with Gasteiger partial charge in [-0.1, -0.05) is 0 Å². The number of aliphatic hydroxyl groups is 2. The average molecular weight is 224 g/mol. The summed E-state index contributed by atoms with van der Waals surface area (Å²) < 4.78 is 0. The van der Waals surface area contributed by atoms with Crippen LogP contribution in [0.3, 0.4) is 0 Å². The second kappa shape index (κ2) is 3.23. The van der Waals surface area contributed by atoms with Crippen LogP contribution in [0.5, 0.6) is 0 Å². The van der Waals surface area contributed by atoms with Crippen LogP contribution in [0.1, 0.15) is 52.4 Å². The summed E-state index contributed by atoms with van der Waals surface area (Å²) in [6.45, 7) is 3.92. The van der Waals surface area contributed by atoms with Crippen LogP contribution in [0.15, 0.2) is 0 Å². The standard InChI is InChI=1S/C14H24O2/c1-9(15)13-4-11-3-12(5-13)7-14(6-11,8-13)10(2)16/h9-12,15-16H,3-8H2,1-2H3/t9-,10-,11?,12?,13?,14?/m0/s1. The zero-order valence-electron chi connectivity index (χ0n) is 10.4. The lowest BCUT2D eigenvalue weighted by Gasteiger charge is -2.64. The molecule has 92 valence electrons. The third-order valence-corrected chi connectivity index (χ3v) is 5.92. The summed E-state index contributed by atoms with van der Waals surface area (Å²) in [5, 5.41) is 20.3. The van der Waals surface area contributed by atoms with Gasteiger partial charge < -0.3 is 10.2 Å². The monoisotopic (exact) mass is 224 g/mol. The van der Waals surface area contributed by atoms with Gasteiger partial charge in [0.1, 0.15) is 0 Å². The number of hydrogen-bond donors (Lipinski definition) is 2. The van der Waals surface area contributed by atoms with Crippen LogP contribution < -0.4 is 0 Å². The van der Waals surface area contributed by atoms with Crippen molar-refractivity contribution in [3.8, 4) is 0 Å². The summed E-state index contributed by atoms with van der Waals surface area (Å²) in [6, 6.07) is 0. The molecule has 0 heterocycles. The number of aliphatic hydroxyl groups excluding tert-OH is 2. The molecule has 4 aliphatic rings. The van der Waals surface area contributed by atoms with Gasteiger partial charge in [-0.05, 0) is 75.0 Å². The summed E-state index contributed by atoms with van der Waals surface area (Å²) >= 11 is 0. The molecule has 2 N–H and O–H groups in total. The quantitative estimate of drug-likeness (QED) is 0.756. The highest BCUT2D eigenvalue weighted by molar-refractivity contribution is 5.10. The highest BCUT2D eigenvalue weighted by atomic mass is 16.3. The lowest BCUT2D eigenvalue weighted by Crippen LogP contribution is -2.58. The molecular weight excluding hydrogens is 200 g/mol. The van der Waals surface area contributed by atoms with Gasteiger partial charge in [-0.2, -0.15) is 0 Å². The molecule has 0 radical (unpaired) electrons. The van der Waals surface area contributed by atoms with Crippen LogP contribution in [-0.4, -0.2) is 22.4 Å². The fourth-order valence-corrected chi connectivity index (χ4v) is 5.38. The normalized spacial score (nSPS) is 54.0. The number of rotatable bonds is 2. The Kier molecular flexibility index (Phi) is 2.23. The smallest absolute Gasteiger partial charge is 0.0568 e. The second-order valence-corrected chi connectivity index (χ2v) is 7.04. The lowest BCUT2D eigenvalue weighted by atomic mass is 9.42. The minimum Gasteiger partial charge on any atom is -0.393 e. The minimum absolute atomic E-state index is 0.140. The van der Waals surface area contributed by atoms with E-state index in [1.54, 1.807) is 0 Å². The first-order valence-electron chi connectivity index (χ1n) is 6.82. The Labute approximate surface area is 98.1 Å². The fraction of sp³-hybridized carbons (Fsp3) is 1.00. The molecule has 2 nitrogen and oxygen atoms in total. The van der Waals surface area contributed by atoms with Gasteiger partial charge in [0.15, 0.2) is 0 Å². The summed E-state index contributed by atoms with van der Waals surface area (Å²) in [4.78, 5) is 0. The van der Waals surface area contributed by atoms with Crippen LogP contribution in [0.4, 0.5) is 0 Å². The van der Waals surface area contributed by atoms with Crippen LogP contribution >= 0.6 is 0 Å². The van der Waals surface area contributed by atoms with Crippen LogP contribution in [-0.2, 0) is 0 Å². The predicted octanol–water partition coefficient (Wildman–Crippen LogP) is 2.33. The summed E-state index contributed by atoms with van der Waals surface area (Å²) in [7, 11) is 0. The Morgan fingerprint density at radius 3 is 1.56 bits per heavy atom. The molecule has 0 aliphatic heterocycles. The van der Waals surface area contributed by atoms with Crippen molar-refractivity contribution in [3.05, 3.63) is 0 Å². The predicted molar refractivity (Wildman–Crippen MR) is 62.9 cm³/mol. The van der Waals surface area contributed by atoms with Crippen LogP contribution in [0.2, 0.25) is 0 Å². The van der Waals surface area contributed by atoms with E-state index in [1.807, 2.05) is 13.8 Å². The van der Waals surface area contributed by atoms with Crippen molar-refractivity contribution in [3.63, 3.8) is 0 Å². The Bertz CT molecular complexity index is 255. The Morgan fingerprint density at radius 1 is 0.875 bits per heavy atom. The lowest BCUT2D eigenvalue weighted by molar-refractivity contribution is -0.185. The van der Waals surface area contributed by atoms with Gasteiger partial charge in [0.05, 0.1) is 12.2 Å². The second-order valence-electron chi connectivity index (χ2n) is 7.04. The van der Waals surface area contributed by atoms with Gasteiger partial charge in [0.25, 0.3) is 0 Å². The molecule has 0 aromatic rings. The highest BCUT2D eigenvalue weighted by Gasteiger charge is 2.60. The fourth-order valence-electron chi connectivity index (χ4n) is 5.38. The summed E-state index contributed by atoms with van der Waals surface area (Å²) in [6.07, 6.45) is 6.83. The average Bonchev–Trinajstić information content (AvgIpc) is 2.14. The van der Waals surface area contributed by atoms with Crippen molar-refractivity contribution in [2.75, 3.05) is 0 Å². The van der Waals surface area contributed by atoms with Crippen molar-refractivity contribution in [1.29, 1.82) is 0 Å². The molecule has 4 aliphatic carbocycles. The molecule has 16 heavy (non-hydrogen) atoms. The van der Waals surface area contributed by atoms with E-state index in [0.29, 0.717) is 0 Å². The van der Waals surface area contributed by atoms with Crippen molar-refractivity contribution in [2.24, 2.45) is 22.7 Å². The molecule has 4 bridgehead atoms. The van der Waals surface area contributed by atoms with E-state index >= 15 is 0 Å². The van der Waals surface area contributed by atoms with Crippen LogP contribution in [0.25, 0.3) is 0 Å². The molecule has 2 heteroatoms. The topological polar surface area (TPSA) is 40.5 Å². The first kappa shape index (κ1) is 11.0. The van der Waals surface area contributed by atoms with E-state index in [0.717, 1.165) is 18.3 Å². The summed E-state index contributed by atoms with van der Waals surface area (Å²) in [5.41, 5.74) is 0.280. The van der Waals surface area contributed by atoms with Gasteiger partial charge in [0.2, 0.25) is 0 Å². The zero-order chi connectivity index (χ0) is 11.6. The summed E-state index contributed by atoms with van der Waals surface area (Å²) in [5.74, 6) is 1.54. The van der Waals surface area contributed by atoms with Gasteiger partial charge in [-0.3, -0.25) is 0 Å². The van der Waals surface area contributed by atoms with E-state index < -0.39 is 0 Å². The molecule has 0 saturated heterocycles. The number of hydrogen-bond acceptors (Lipinski definition) is 2. The Balaban J connectivity index is 1.97. The molecule has 0 aromatic heterocycles. The molecule has 4 saturated carbocycles. The maximum atomic E-state index is 10.1. The molecule has 0 unspecified atom stereocenters. The van der Waals surface area contributed by atoms with Gasteiger partial charge in [-0.25, -0.2) is 0 Å². The molecule has 0 aromatic carbocycles. The molecule has 0 spiro atoms. The first-order chi connectivity index (χ1) is 7.46. The van der Waals surface area contributed by atoms with Crippen molar-refractivity contribution in [1.82, 2.24) is 0 Å². The van der Waals surface area contributed by atoms with E-state index in [1.165, 1.54) is 32.1 Å². The van der Waals surface area contributed by atoms with E-state index in [2.05, 4.69) is 0 Å². The van der Waals surface area contributed by atoms with Crippen molar-refractivity contribution >= 4 is 0 Å². The highest BCUT2D eigenvalue weighted by Crippen LogP contribution is 2.67. The van der Waals surface area contributed by atoms with Gasteiger partial charge in [-0.15, -0.1) is 0 Å².